The lowest BCUT2D eigenvalue weighted by Gasteiger charge is -2.36. The standard InChI is InChI=1S/C15H17FN2S/c1-10-15(19-9-18-10)8-17-14-6-12(7-14)11-3-2-4-13(16)5-11/h2-5,9,12,14,17H,6-8H2,1H3. The minimum atomic E-state index is -0.130. The maximum absolute atomic E-state index is 13.1. The molecule has 0 atom stereocenters. The molecule has 1 saturated carbocycles. The highest BCUT2D eigenvalue weighted by Crippen LogP contribution is 2.37. The van der Waals surface area contributed by atoms with Crippen molar-refractivity contribution in [2.75, 3.05) is 0 Å². The average molecular weight is 276 g/mol. The SMILES string of the molecule is Cc1ncsc1CNC1CC(c2cccc(F)c2)C1. The summed E-state index contributed by atoms with van der Waals surface area (Å²) < 4.78 is 13.1. The zero-order valence-corrected chi connectivity index (χ0v) is 11.7. The first-order valence-corrected chi connectivity index (χ1v) is 7.48. The number of aromatic nitrogens is 1. The van der Waals surface area contributed by atoms with Crippen molar-refractivity contribution in [3.63, 3.8) is 0 Å². The fraction of sp³-hybridized carbons (Fsp3) is 0.400. The molecule has 3 rings (SSSR count). The van der Waals surface area contributed by atoms with Gasteiger partial charge in [-0.1, -0.05) is 12.1 Å². The predicted molar refractivity (Wildman–Crippen MR) is 75.9 cm³/mol. The summed E-state index contributed by atoms with van der Waals surface area (Å²) in [5, 5.41) is 3.55. The lowest BCUT2D eigenvalue weighted by atomic mass is 9.76. The van der Waals surface area contributed by atoms with E-state index in [1.54, 1.807) is 23.5 Å². The zero-order chi connectivity index (χ0) is 13.2. The first-order valence-electron chi connectivity index (χ1n) is 6.60. The number of halogens is 1. The van der Waals surface area contributed by atoms with Crippen LogP contribution < -0.4 is 5.32 Å². The topological polar surface area (TPSA) is 24.9 Å². The largest absolute Gasteiger partial charge is 0.309 e. The van der Waals surface area contributed by atoms with E-state index in [0.29, 0.717) is 12.0 Å². The van der Waals surface area contributed by atoms with Gasteiger partial charge in [-0.2, -0.15) is 0 Å². The third-order valence-electron chi connectivity index (χ3n) is 3.85. The quantitative estimate of drug-likeness (QED) is 0.922. The summed E-state index contributed by atoms with van der Waals surface area (Å²) in [5.41, 5.74) is 4.15. The predicted octanol–water partition coefficient (Wildman–Crippen LogP) is 3.63. The molecule has 19 heavy (non-hydrogen) atoms. The van der Waals surface area contributed by atoms with Crippen LogP contribution in [0, 0.1) is 12.7 Å². The van der Waals surface area contributed by atoms with Crippen molar-refractivity contribution in [1.82, 2.24) is 10.3 Å². The summed E-state index contributed by atoms with van der Waals surface area (Å²) in [6.07, 6.45) is 2.20. The molecule has 4 heteroatoms. The molecule has 0 spiro atoms. The average Bonchev–Trinajstić information content (AvgIpc) is 2.73. The van der Waals surface area contributed by atoms with Gasteiger partial charge < -0.3 is 5.32 Å². The molecule has 1 fully saturated rings. The molecule has 0 aliphatic heterocycles. The maximum Gasteiger partial charge on any atom is 0.123 e. The van der Waals surface area contributed by atoms with Crippen molar-refractivity contribution in [1.29, 1.82) is 0 Å². The fourth-order valence-corrected chi connectivity index (χ4v) is 3.28. The summed E-state index contributed by atoms with van der Waals surface area (Å²) in [7, 11) is 0. The Morgan fingerprint density at radius 2 is 2.26 bits per heavy atom. The van der Waals surface area contributed by atoms with Gasteiger partial charge in [0.1, 0.15) is 5.82 Å². The Morgan fingerprint density at radius 3 is 2.95 bits per heavy atom. The minimum Gasteiger partial charge on any atom is -0.309 e. The van der Waals surface area contributed by atoms with Gasteiger partial charge in [-0.15, -0.1) is 11.3 Å². The van der Waals surface area contributed by atoms with Crippen molar-refractivity contribution >= 4 is 11.3 Å². The summed E-state index contributed by atoms with van der Waals surface area (Å²) in [6.45, 7) is 2.95. The van der Waals surface area contributed by atoms with Crippen molar-refractivity contribution in [2.45, 2.75) is 38.3 Å². The Labute approximate surface area is 116 Å². The van der Waals surface area contributed by atoms with Gasteiger partial charge in [0.2, 0.25) is 0 Å². The highest BCUT2D eigenvalue weighted by atomic mass is 32.1. The number of benzene rings is 1. The van der Waals surface area contributed by atoms with Crippen LogP contribution in [0.4, 0.5) is 4.39 Å². The number of nitrogens with zero attached hydrogens (tertiary/aromatic N) is 1. The minimum absolute atomic E-state index is 0.130. The van der Waals surface area contributed by atoms with Crippen LogP contribution in [0.3, 0.4) is 0 Å². The molecule has 1 aliphatic rings. The number of hydrogen-bond acceptors (Lipinski definition) is 3. The zero-order valence-electron chi connectivity index (χ0n) is 10.9. The second-order valence-electron chi connectivity index (χ2n) is 5.16. The number of nitrogens with one attached hydrogen (secondary N) is 1. The molecule has 0 bridgehead atoms. The Morgan fingerprint density at radius 1 is 1.42 bits per heavy atom. The first-order chi connectivity index (χ1) is 9.22. The van der Waals surface area contributed by atoms with Gasteiger partial charge >= 0.3 is 0 Å². The maximum atomic E-state index is 13.1. The van der Waals surface area contributed by atoms with E-state index in [1.807, 2.05) is 18.5 Å². The summed E-state index contributed by atoms with van der Waals surface area (Å²) in [4.78, 5) is 5.56. The number of rotatable bonds is 4. The summed E-state index contributed by atoms with van der Waals surface area (Å²) in [6, 6.07) is 7.54. The summed E-state index contributed by atoms with van der Waals surface area (Å²) in [5.74, 6) is 0.380. The van der Waals surface area contributed by atoms with Gasteiger partial charge in [-0.3, -0.25) is 0 Å². The van der Waals surface area contributed by atoms with E-state index < -0.39 is 0 Å². The smallest absolute Gasteiger partial charge is 0.123 e. The normalized spacial score (nSPS) is 22.2. The molecule has 1 N–H and O–H groups in total. The van der Waals surface area contributed by atoms with Crippen LogP contribution in [0.5, 0.6) is 0 Å². The van der Waals surface area contributed by atoms with E-state index >= 15 is 0 Å². The molecule has 1 aromatic heterocycles. The van der Waals surface area contributed by atoms with Crippen LogP contribution in [-0.2, 0) is 6.54 Å². The molecule has 2 nitrogen and oxygen atoms in total. The molecule has 1 heterocycles. The number of aryl methyl sites for hydroxylation is 1. The van der Waals surface area contributed by atoms with Crippen molar-refractivity contribution < 1.29 is 4.39 Å². The lowest BCUT2D eigenvalue weighted by molar-refractivity contribution is 0.289. The van der Waals surface area contributed by atoms with E-state index in [4.69, 9.17) is 0 Å². The van der Waals surface area contributed by atoms with Gasteiger partial charge in [-0.25, -0.2) is 9.37 Å². The molecule has 0 saturated heterocycles. The second kappa shape index (κ2) is 5.39. The molecule has 2 aromatic rings. The number of thiazole rings is 1. The fourth-order valence-electron chi connectivity index (χ4n) is 2.55. The summed E-state index contributed by atoms with van der Waals surface area (Å²) >= 11 is 1.70. The lowest BCUT2D eigenvalue weighted by Crippen LogP contribution is -2.39. The molecule has 1 aliphatic carbocycles. The molecule has 1 aromatic carbocycles. The van der Waals surface area contributed by atoms with E-state index in [-0.39, 0.29) is 5.82 Å². The Bertz CT molecular complexity index is 561. The van der Waals surface area contributed by atoms with Gasteiger partial charge in [-0.05, 0) is 43.4 Å². The first kappa shape index (κ1) is 12.8. The molecular weight excluding hydrogens is 259 g/mol. The van der Waals surface area contributed by atoms with Gasteiger partial charge in [0.25, 0.3) is 0 Å². The monoisotopic (exact) mass is 276 g/mol. The molecule has 0 unspecified atom stereocenters. The number of hydrogen-bond donors (Lipinski definition) is 1. The van der Waals surface area contributed by atoms with Crippen LogP contribution in [0.2, 0.25) is 0 Å². The Hall–Kier alpha value is -1.26. The van der Waals surface area contributed by atoms with E-state index in [9.17, 15) is 4.39 Å². The van der Waals surface area contributed by atoms with Crippen LogP contribution >= 0.6 is 11.3 Å². The van der Waals surface area contributed by atoms with Crippen molar-refractivity contribution in [3.8, 4) is 0 Å². The molecule has 0 amide bonds. The van der Waals surface area contributed by atoms with E-state index in [2.05, 4.69) is 10.3 Å². The van der Waals surface area contributed by atoms with Crippen molar-refractivity contribution in [3.05, 3.63) is 51.7 Å². The van der Waals surface area contributed by atoms with Gasteiger partial charge in [0, 0.05) is 17.5 Å². The Kier molecular flexibility index (Phi) is 3.62. The second-order valence-corrected chi connectivity index (χ2v) is 6.10. The van der Waals surface area contributed by atoms with Crippen LogP contribution in [0.15, 0.2) is 29.8 Å². The van der Waals surface area contributed by atoms with Crippen LogP contribution in [0.1, 0.15) is 34.9 Å². The van der Waals surface area contributed by atoms with E-state index in [1.165, 1.54) is 10.9 Å². The highest BCUT2D eigenvalue weighted by Gasteiger charge is 2.30. The van der Waals surface area contributed by atoms with Gasteiger partial charge in [0.05, 0.1) is 11.2 Å². The molecule has 100 valence electrons. The molecule has 0 radical (unpaired) electrons. The highest BCUT2D eigenvalue weighted by molar-refractivity contribution is 7.09. The van der Waals surface area contributed by atoms with E-state index in [0.717, 1.165) is 30.6 Å². The van der Waals surface area contributed by atoms with Gasteiger partial charge in [0.15, 0.2) is 0 Å². The molecular formula is C15H17FN2S. The third-order valence-corrected chi connectivity index (χ3v) is 4.79. The van der Waals surface area contributed by atoms with Crippen LogP contribution in [-0.4, -0.2) is 11.0 Å². The van der Waals surface area contributed by atoms with Crippen LogP contribution in [0.25, 0.3) is 0 Å². The third kappa shape index (κ3) is 2.85. The Balaban J connectivity index is 1.49. The van der Waals surface area contributed by atoms with Crippen molar-refractivity contribution in [2.24, 2.45) is 0 Å².